The van der Waals surface area contributed by atoms with Crippen LogP contribution in [0.3, 0.4) is 0 Å². The first-order chi connectivity index (χ1) is 14.5. The number of halogens is 1. The lowest BCUT2D eigenvalue weighted by atomic mass is 10.1. The molecule has 0 spiro atoms. The van der Waals surface area contributed by atoms with Gasteiger partial charge in [-0.15, -0.1) is 0 Å². The Morgan fingerprint density at radius 1 is 0.900 bits per heavy atom. The predicted molar refractivity (Wildman–Crippen MR) is 109 cm³/mol. The van der Waals surface area contributed by atoms with Gasteiger partial charge in [0.05, 0.1) is 7.11 Å². The Balaban J connectivity index is 1.70. The summed E-state index contributed by atoms with van der Waals surface area (Å²) in [6.07, 6.45) is -1.63. The van der Waals surface area contributed by atoms with Gasteiger partial charge >= 0.3 is 6.09 Å². The second-order valence-electron chi connectivity index (χ2n) is 6.39. The summed E-state index contributed by atoms with van der Waals surface area (Å²) in [5.74, 6) is -0.231. The standard InChI is InChI=1S/C23H21FN2O4/c1-29-20-13-9-18(10-14-20)22(27)25-21(17-7-11-19(24)12-8-17)26-23(28)30-15-16-5-3-2-4-6-16/h2-14,21H,15H2,1H3,(H,25,27)(H,26,28)/t21-/m0/s1. The second-order valence-corrected chi connectivity index (χ2v) is 6.39. The Hall–Kier alpha value is -3.87. The van der Waals surface area contributed by atoms with E-state index in [4.69, 9.17) is 9.47 Å². The summed E-state index contributed by atoms with van der Waals surface area (Å²) < 4.78 is 23.6. The van der Waals surface area contributed by atoms with E-state index in [0.717, 1.165) is 5.56 Å². The van der Waals surface area contributed by atoms with E-state index in [1.807, 2.05) is 30.3 Å². The monoisotopic (exact) mass is 408 g/mol. The van der Waals surface area contributed by atoms with Crippen LogP contribution in [0.5, 0.6) is 5.75 Å². The van der Waals surface area contributed by atoms with Gasteiger partial charge in [-0.2, -0.15) is 0 Å². The lowest BCUT2D eigenvalue weighted by Gasteiger charge is -2.21. The first-order valence-electron chi connectivity index (χ1n) is 9.23. The van der Waals surface area contributed by atoms with Crippen LogP contribution in [-0.2, 0) is 11.3 Å². The molecule has 0 heterocycles. The van der Waals surface area contributed by atoms with Crippen LogP contribution in [0.2, 0.25) is 0 Å². The molecule has 1 atom stereocenters. The maximum absolute atomic E-state index is 13.3. The number of amides is 2. The molecule has 0 aromatic heterocycles. The average molecular weight is 408 g/mol. The molecule has 0 unspecified atom stereocenters. The molecule has 6 nitrogen and oxygen atoms in total. The van der Waals surface area contributed by atoms with Crippen molar-refractivity contribution in [3.8, 4) is 5.75 Å². The van der Waals surface area contributed by atoms with Crippen LogP contribution < -0.4 is 15.4 Å². The number of nitrogens with one attached hydrogen (secondary N) is 2. The Bertz CT molecular complexity index is 976. The minimum atomic E-state index is -0.913. The molecule has 3 rings (SSSR count). The molecule has 2 amide bonds. The highest BCUT2D eigenvalue weighted by Crippen LogP contribution is 2.15. The molecular formula is C23H21FN2O4. The van der Waals surface area contributed by atoms with Crippen LogP contribution >= 0.6 is 0 Å². The molecule has 30 heavy (non-hydrogen) atoms. The van der Waals surface area contributed by atoms with Crippen molar-refractivity contribution in [2.45, 2.75) is 12.8 Å². The number of rotatable bonds is 7. The van der Waals surface area contributed by atoms with Crippen molar-refractivity contribution in [1.29, 1.82) is 0 Å². The fourth-order valence-electron chi connectivity index (χ4n) is 2.70. The number of hydrogen-bond acceptors (Lipinski definition) is 4. The van der Waals surface area contributed by atoms with Crippen molar-refractivity contribution in [3.63, 3.8) is 0 Å². The van der Waals surface area contributed by atoms with Gasteiger partial charge in [0.15, 0.2) is 0 Å². The van der Waals surface area contributed by atoms with E-state index < -0.39 is 24.0 Å². The van der Waals surface area contributed by atoms with E-state index in [9.17, 15) is 14.0 Å². The Kier molecular flexibility index (Phi) is 7.00. The van der Waals surface area contributed by atoms with E-state index >= 15 is 0 Å². The summed E-state index contributed by atoms with van der Waals surface area (Å²) in [6, 6.07) is 21.2. The van der Waals surface area contributed by atoms with Crippen molar-refractivity contribution in [2.75, 3.05) is 7.11 Å². The summed E-state index contributed by atoms with van der Waals surface area (Å²) in [4.78, 5) is 24.9. The van der Waals surface area contributed by atoms with E-state index in [1.54, 1.807) is 24.3 Å². The highest BCUT2D eigenvalue weighted by molar-refractivity contribution is 5.94. The van der Waals surface area contributed by atoms with Gasteiger partial charge in [0.25, 0.3) is 5.91 Å². The molecule has 2 N–H and O–H groups in total. The smallest absolute Gasteiger partial charge is 0.409 e. The summed E-state index contributed by atoms with van der Waals surface area (Å²) >= 11 is 0. The summed E-state index contributed by atoms with van der Waals surface area (Å²) in [5, 5.41) is 5.33. The number of carbonyl (C=O) groups excluding carboxylic acids is 2. The summed E-state index contributed by atoms with van der Waals surface area (Å²) in [5.41, 5.74) is 1.70. The average Bonchev–Trinajstić information content (AvgIpc) is 2.78. The number of ether oxygens (including phenoxy) is 2. The fraction of sp³-hybridized carbons (Fsp3) is 0.130. The first kappa shape index (κ1) is 20.9. The van der Waals surface area contributed by atoms with Gasteiger partial charge in [-0.25, -0.2) is 9.18 Å². The van der Waals surface area contributed by atoms with Crippen LogP contribution in [0.15, 0.2) is 78.9 Å². The van der Waals surface area contributed by atoms with E-state index in [1.165, 1.54) is 31.4 Å². The minimum absolute atomic E-state index is 0.0786. The molecule has 0 aliphatic heterocycles. The Morgan fingerprint density at radius 2 is 1.57 bits per heavy atom. The first-order valence-corrected chi connectivity index (χ1v) is 9.23. The van der Waals surface area contributed by atoms with Gasteiger partial charge in [-0.1, -0.05) is 42.5 Å². The minimum Gasteiger partial charge on any atom is -0.497 e. The second kappa shape index (κ2) is 10.1. The van der Waals surface area contributed by atoms with E-state index in [0.29, 0.717) is 16.9 Å². The third-order valence-corrected chi connectivity index (χ3v) is 4.31. The van der Waals surface area contributed by atoms with Crippen molar-refractivity contribution in [2.24, 2.45) is 0 Å². The van der Waals surface area contributed by atoms with Crippen LogP contribution in [0.25, 0.3) is 0 Å². The maximum atomic E-state index is 13.3. The zero-order chi connectivity index (χ0) is 21.3. The SMILES string of the molecule is COc1ccc(C(=O)N[C@@H](NC(=O)OCc2ccccc2)c2ccc(F)cc2)cc1. The van der Waals surface area contributed by atoms with Crippen molar-refractivity contribution >= 4 is 12.0 Å². The third kappa shape index (κ3) is 5.81. The van der Waals surface area contributed by atoms with Crippen molar-refractivity contribution in [1.82, 2.24) is 10.6 Å². The maximum Gasteiger partial charge on any atom is 0.409 e. The van der Waals surface area contributed by atoms with Crippen LogP contribution in [0, 0.1) is 5.82 Å². The molecule has 0 bridgehead atoms. The lowest BCUT2D eigenvalue weighted by Crippen LogP contribution is -2.41. The van der Waals surface area contributed by atoms with E-state index in [2.05, 4.69) is 10.6 Å². The summed E-state index contributed by atoms with van der Waals surface area (Å²) in [6.45, 7) is 0.0786. The number of carbonyl (C=O) groups is 2. The number of hydrogen-bond donors (Lipinski definition) is 2. The molecule has 0 radical (unpaired) electrons. The van der Waals surface area contributed by atoms with Crippen molar-refractivity contribution < 1.29 is 23.5 Å². The van der Waals surface area contributed by atoms with Crippen molar-refractivity contribution in [3.05, 3.63) is 101 Å². The molecule has 0 saturated carbocycles. The van der Waals surface area contributed by atoms with Crippen LogP contribution in [0.1, 0.15) is 27.7 Å². The zero-order valence-corrected chi connectivity index (χ0v) is 16.3. The molecule has 0 fully saturated rings. The molecule has 3 aromatic rings. The normalized spacial score (nSPS) is 11.3. The number of alkyl carbamates (subject to hydrolysis) is 1. The topological polar surface area (TPSA) is 76.7 Å². The molecule has 154 valence electrons. The predicted octanol–water partition coefficient (Wildman–Crippen LogP) is 4.19. The van der Waals surface area contributed by atoms with Crippen LogP contribution in [-0.4, -0.2) is 19.1 Å². The van der Waals surface area contributed by atoms with Gasteiger partial charge in [-0.3, -0.25) is 10.1 Å². The largest absolute Gasteiger partial charge is 0.497 e. The highest BCUT2D eigenvalue weighted by Gasteiger charge is 2.19. The lowest BCUT2D eigenvalue weighted by molar-refractivity contribution is 0.0920. The molecular weight excluding hydrogens is 387 g/mol. The van der Waals surface area contributed by atoms with Gasteiger partial charge in [0, 0.05) is 5.56 Å². The molecule has 7 heteroatoms. The zero-order valence-electron chi connectivity index (χ0n) is 16.3. The third-order valence-electron chi connectivity index (χ3n) is 4.31. The van der Waals surface area contributed by atoms with Crippen LogP contribution in [0.4, 0.5) is 9.18 Å². The molecule has 0 saturated heterocycles. The molecule has 3 aromatic carbocycles. The Morgan fingerprint density at radius 3 is 2.20 bits per heavy atom. The van der Waals surface area contributed by atoms with Gasteiger partial charge < -0.3 is 14.8 Å². The fourth-order valence-corrected chi connectivity index (χ4v) is 2.70. The molecule has 0 aliphatic carbocycles. The Labute approximate surface area is 173 Å². The summed E-state index contributed by atoms with van der Waals surface area (Å²) in [7, 11) is 1.53. The van der Waals surface area contributed by atoms with Gasteiger partial charge in [-0.05, 0) is 47.5 Å². The highest BCUT2D eigenvalue weighted by atomic mass is 19.1. The molecule has 0 aliphatic rings. The van der Waals surface area contributed by atoms with Gasteiger partial charge in [0.2, 0.25) is 0 Å². The number of benzene rings is 3. The number of methoxy groups -OCH3 is 1. The van der Waals surface area contributed by atoms with Gasteiger partial charge in [0.1, 0.15) is 24.3 Å². The van der Waals surface area contributed by atoms with E-state index in [-0.39, 0.29) is 6.61 Å². The quantitative estimate of drug-likeness (QED) is 0.575.